The van der Waals surface area contributed by atoms with Gasteiger partial charge in [0.1, 0.15) is 0 Å². The van der Waals surface area contributed by atoms with Gasteiger partial charge in [-0.25, -0.2) is 4.98 Å². The minimum Gasteiger partial charge on any atom is -0.352 e. The Bertz CT molecular complexity index is 861. The predicted octanol–water partition coefficient (Wildman–Crippen LogP) is 4.71. The number of aryl methyl sites for hydroxylation is 1. The molecule has 0 radical (unpaired) electrons. The second-order valence-electron chi connectivity index (χ2n) is 5.72. The molecule has 3 rings (SSSR count). The molecule has 0 aliphatic heterocycles. The summed E-state index contributed by atoms with van der Waals surface area (Å²) < 4.78 is 0. The van der Waals surface area contributed by atoms with E-state index in [4.69, 9.17) is 11.6 Å². The molecule has 128 valence electrons. The summed E-state index contributed by atoms with van der Waals surface area (Å²) >= 11 is 7.43. The molecule has 0 saturated carbocycles. The standard InChI is InChI=1S/C19H18ClN3OS/c1-13-5-7-14(8-6-13)11-21-18(24)10-17-12-25-19(23-17)22-16-4-2-3-15(20)9-16/h2-9,12H,10-11H2,1H3,(H,21,24)(H,22,23). The van der Waals surface area contributed by atoms with Crippen LogP contribution < -0.4 is 10.6 Å². The first-order valence-electron chi connectivity index (χ1n) is 7.88. The molecule has 2 N–H and O–H groups in total. The lowest BCUT2D eigenvalue weighted by Crippen LogP contribution is -2.24. The van der Waals surface area contributed by atoms with Crippen LogP contribution in [0.15, 0.2) is 53.9 Å². The number of thiazole rings is 1. The molecule has 3 aromatic rings. The number of carbonyl (C=O) groups is 1. The number of benzene rings is 2. The Morgan fingerprint density at radius 1 is 1.20 bits per heavy atom. The third kappa shape index (κ3) is 5.31. The van der Waals surface area contributed by atoms with E-state index in [-0.39, 0.29) is 12.3 Å². The molecular formula is C19H18ClN3OS. The van der Waals surface area contributed by atoms with E-state index in [2.05, 4.69) is 15.6 Å². The number of hydrogen-bond acceptors (Lipinski definition) is 4. The first-order chi connectivity index (χ1) is 12.1. The summed E-state index contributed by atoms with van der Waals surface area (Å²) in [7, 11) is 0. The van der Waals surface area contributed by atoms with Gasteiger partial charge >= 0.3 is 0 Å². The van der Waals surface area contributed by atoms with Gasteiger partial charge in [-0.15, -0.1) is 11.3 Å². The highest BCUT2D eigenvalue weighted by Gasteiger charge is 2.08. The first-order valence-corrected chi connectivity index (χ1v) is 9.13. The van der Waals surface area contributed by atoms with Crippen molar-refractivity contribution in [1.29, 1.82) is 0 Å². The van der Waals surface area contributed by atoms with Crippen LogP contribution in [-0.2, 0) is 17.8 Å². The summed E-state index contributed by atoms with van der Waals surface area (Å²) in [5, 5.41) is 9.40. The highest BCUT2D eigenvalue weighted by molar-refractivity contribution is 7.13. The summed E-state index contributed by atoms with van der Waals surface area (Å²) in [6, 6.07) is 15.6. The molecule has 1 amide bonds. The third-order valence-electron chi connectivity index (χ3n) is 3.58. The van der Waals surface area contributed by atoms with E-state index < -0.39 is 0 Å². The van der Waals surface area contributed by atoms with Crippen molar-refractivity contribution in [3.8, 4) is 0 Å². The Morgan fingerprint density at radius 3 is 2.76 bits per heavy atom. The van der Waals surface area contributed by atoms with E-state index in [0.29, 0.717) is 11.6 Å². The monoisotopic (exact) mass is 371 g/mol. The lowest BCUT2D eigenvalue weighted by Gasteiger charge is -2.05. The lowest BCUT2D eigenvalue weighted by atomic mass is 10.1. The van der Waals surface area contributed by atoms with Crippen molar-refractivity contribution in [2.45, 2.75) is 19.9 Å². The summed E-state index contributed by atoms with van der Waals surface area (Å²) in [5.74, 6) is -0.0415. The predicted molar refractivity (Wildman–Crippen MR) is 104 cm³/mol. The average Bonchev–Trinajstić information content (AvgIpc) is 3.01. The molecule has 0 spiro atoms. The SMILES string of the molecule is Cc1ccc(CNC(=O)Cc2csc(Nc3cccc(Cl)c3)n2)cc1. The molecule has 0 aliphatic carbocycles. The first kappa shape index (κ1) is 17.5. The van der Waals surface area contributed by atoms with E-state index in [1.165, 1.54) is 16.9 Å². The Morgan fingerprint density at radius 2 is 2.00 bits per heavy atom. The van der Waals surface area contributed by atoms with Gasteiger partial charge in [-0.3, -0.25) is 4.79 Å². The van der Waals surface area contributed by atoms with E-state index in [1.54, 1.807) is 0 Å². The normalized spacial score (nSPS) is 10.5. The molecule has 4 nitrogen and oxygen atoms in total. The molecule has 0 aliphatic rings. The molecule has 2 aromatic carbocycles. The number of nitrogens with zero attached hydrogens (tertiary/aromatic N) is 1. The van der Waals surface area contributed by atoms with Crippen molar-refractivity contribution in [1.82, 2.24) is 10.3 Å². The van der Waals surface area contributed by atoms with Crippen molar-refractivity contribution >= 4 is 39.7 Å². The molecule has 0 saturated heterocycles. The van der Waals surface area contributed by atoms with Crippen LogP contribution in [0.1, 0.15) is 16.8 Å². The number of nitrogens with one attached hydrogen (secondary N) is 2. The van der Waals surface area contributed by atoms with Crippen LogP contribution in [0.5, 0.6) is 0 Å². The number of aromatic nitrogens is 1. The van der Waals surface area contributed by atoms with Gasteiger partial charge < -0.3 is 10.6 Å². The van der Waals surface area contributed by atoms with Crippen molar-refractivity contribution in [3.63, 3.8) is 0 Å². The van der Waals surface area contributed by atoms with Gasteiger partial charge in [0, 0.05) is 22.6 Å². The maximum atomic E-state index is 12.1. The number of hydrogen-bond donors (Lipinski definition) is 2. The molecule has 25 heavy (non-hydrogen) atoms. The summed E-state index contributed by atoms with van der Waals surface area (Å²) in [6.07, 6.45) is 0.263. The number of carbonyl (C=O) groups excluding carboxylic acids is 1. The van der Waals surface area contributed by atoms with Crippen molar-refractivity contribution in [3.05, 3.63) is 75.8 Å². The molecule has 0 fully saturated rings. The van der Waals surface area contributed by atoms with E-state index >= 15 is 0 Å². The molecule has 0 unspecified atom stereocenters. The zero-order valence-corrected chi connectivity index (χ0v) is 15.3. The van der Waals surface area contributed by atoms with E-state index in [1.807, 2.05) is 60.8 Å². The van der Waals surface area contributed by atoms with Crippen molar-refractivity contribution in [2.75, 3.05) is 5.32 Å². The maximum Gasteiger partial charge on any atom is 0.226 e. The molecular weight excluding hydrogens is 354 g/mol. The van der Waals surface area contributed by atoms with Crippen molar-refractivity contribution < 1.29 is 4.79 Å². The molecule has 0 atom stereocenters. The quantitative estimate of drug-likeness (QED) is 0.659. The molecule has 6 heteroatoms. The minimum absolute atomic E-state index is 0.0415. The van der Waals surface area contributed by atoms with Gasteiger partial charge in [-0.2, -0.15) is 0 Å². The highest BCUT2D eigenvalue weighted by atomic mass is 35.5. The van der Waals surface area contributed by atoms with Crippen LogP contribution in [0.3, 0.4) is 0 Å². The molecule has 1 heterocycles. The Kier molecular flexibility index (Phi) is 5.68. The molecule has 0 bridgehead atoms. The zero-order valence-electron chi connectivity index (χ0n) is 13.8. The summed E-state index contributed by atoms with van der Waals surface area (Å²) in [6.45, 7) is 2.57. The fourth-order valence-corrected chi connectivity index (χ4v) is 3.19. The number of anilines is 2. The second kappa shape index (κ2) is 8.14. The summed E-state index contributed by atoms with van der Waals surface area (Å²) in [4.78, 5) is 16.5. The van der Waals surface area contributed by atoms with Gasteiger partial charge in [0.05, 0.1) is 12.1 Å². The van der Waals surface area contributed by atoms with Crippen LogP contribution in [0.25, 0.3) is 0 Å². The molecule has 1 aromatic heterocycles. The average molecular weight is 372 g/mol. The number of amides is 1. The highest BCUT2D eigenvalue weighted by Crippen LogP contribution is 2.23. The van der Waals surface area contributed by atoms with Crippen LogP contribution in [0.4, 0.5) is 10.8 Å². The number of rotatable bonds is 6. The van der Waals surface area contributed by atoms with Crippen LogP contribution >= 0.6 is 22.9 Å². The van der Waals surface area contributed by atoms with Gasteiger partial charge in [0.2, 0.25) is 5.91 Å². The van der Waals surface area contributed by atoms with Crippen LogP contribution in [0, 0.1) is 6.92 Å². The van der Waals surface area contributed by atoms with E-state index in [9.17, 15) is 4.79 Å². The Hall–Kier alpha value is -2.37. The Labute approximate surface area is 155 Å². The van der Waals surface area contributed by atoms with Gasteiger partial charge in [0.25, 0.3) is 0 Å². The fraction of sp³-hybridized carbons (Fsp3) is 0.158. The van der Waals surface area contributed by atoms with Crippen LogP contribution in [-0.4, -0.2) is 10.9 Å². The maximum absolute atomic E-state index is 12.1. The zero-order chi connectivity index (χ0) is 17.6. The lowest BCUT2D eigenvalue weighted by molar-refractivity contribution is -0.120. The fourth-order valence-electron chi connectivity index (χ4n) is 2.27. The largest absolute Gasteiger partial charge is 0.352 e. The summed E-state index contributed by atoms with van der Waals surface area (Å²) in [5.41, 5.74) is 3.91. The smallest absolute Gasteiger partial charge is 0.226 e. The third-order valence-corrected chi connectivity index (χ3v) is 4.62. The van der Waals surface area contributed by atoms with Crippen LogP contribution in [0.2, 0.25) is 5.02 Å². The van der Waals surface area contributed by atoms with Gasteiger partial charge in [0.15, 0.2) is 5.13 Å². The van der Waals surface area contributed by atoms with Gasteiger partial charge in [-0.1, -0.05) is 47.5 Å². The van der Waals surface area contributed by atoms with Crippen molar-refractivity contribution in [2.24, 2.45) is 0 Å². The van der Waals surface area contributed by atoms with Gasteiger partial charge in [-0.05, 0) is 30.7 Å². The second-order valence-corrected chi connectivity index (χ2v) is 7.01. The van der Waals surface area contributed by atoms with E-state index in [0.717, 1.165) is 22.1 Å². The minimum atomic E-state index is -0.0415. The number of halogens is 1. The topological polar surface area (TPSA) is 54.0 Å². The Balaban J connectivity index is 1.52.